The van der Waals surface area contributed by atoms with Gasteiger partial charge in [-0.25, -0.2) is 0 Å². The minimum Gasteiger partial charge on any atom is -0.377 e. The second kappa shape index (κ2) is 16.2. The van der Waals surface area contributed by atoms with Gasteiger partial charge in [0, 0.05) is 38.3 Å². The van der Waals surface area contributed by atoms with Crippen molar-refractivity contribution in [1.82, 2.24) is 0 Å². The first kappa shape index (κ1) is 22.3. The fourth-order valence-corrected chi connectivity index (χ4v) is 4.99. The molecule has 0 rings (SSSR count). The lowest BCUT2D eigenvalue weighted by molar-refractivity contribution is 0.161. The molecular weight excluding hydrogens is 311 g/mol. The second-order valence-corrected chi connectivity index (χ2v) is 8.84. The summed E-state index contributed by atoms with van der Waals surface area (Å²) < 4.78 is 29.2. The molecule has 0 heterocycles. The smallest absolute Gasteiger partial charge is 0.0880 e. The van der Waals surface area contributed by atoms with E-state index in [4.69, 9.17) is 14.2 Å². The Morgan fingerprint density at radius 2 is 0.957 bits per heavy atom. The molecule has 4 nitrogen and oxygen atoms in total. The van der Waals surface area contributed by atoms with Crippen LogP contribution in [0.4, 0.5) is 0 Å². The topological polar surface area (TPSA) is 44.8 Å². The molecule has 0 bridgehead atoms. The van der Waals surface area contributed by atoms with E-state index in [9.17, 15) is 4.57 Å². The van der Waals surface area contributed by atoms with Crippen molar-refractivity contribution in [2.45, 2.75) is 19.3 Å². The van der Waals surface area contributed by atoms with Crippen LogP contribution in [0.1, 0.15) is 19.3 Å². The SMILES string of the molecule is C=CCOCCCP(=O)(CCCOCC=C)CCCOCC=C. The van der Waals surface area contributed by atoms with Gasteiger partial charge in [-0.15, -0.1) is 19.7 Å². The molecule has 0 spiro atoms. The fraction of sp³-hybridized carbons (Fsp3) is 0.667. The van der Waals surface area contributed by atoms with Crippen LogP contribution in [0.5, 0.6) is 0 Å². The van der Waals surface area contributed by atoms with Gasteiger partial charge in [-0.1, -0.05) is 18.2 Å². The molecule has 0 amide bonds. The zero-order valence-electron chi connectivity index (χ0n) is 14.4. The van der Waals surface area contributed by atoms with Crippen molar-refractivity contribution < 1.29 is 18.8 Å². The molecule has 0 aromatic heterocycles. The molecule has 0 radical (unpaired) electrons. The average molecular weight is 344 g/mol. The minimum absolute atomic E-state index is 0.551. The molecule has 0 atom stereocenters. The lowest BCUT2D eigenvalue weighted by Crippen LogP contribution is -2.08. The van der Waals surface area contributed by atoms with Gasteiger partial charge in [-0.05, 0) is 19.3 Å². The van der Waals surface area contributed by atoms with E-state index < -0.39 is 7.14 Å². The van der Waals surface area contributed by atoms with E-state index in [1.54, 1.807) is 18.2 Å². The van der Waals surface area contributed by atoms with Crippen LogP contribution >= 0.6 is 7.14 Å². The van der Waals surface area contributed by atoms with E-state index in [2.05, 4.69) is 19.7 Å². The van der Waals surface area contributed by atoms with Gasteiger partial charge in [-0.2, -0.15) is 0 Å². The molecule has 134 valence electrons. The van der Waals surface area contributed by atoms with E-state index in [-0.39, 0.29) is 0 Å². The lowest BCUT2D eigenvalue weighted by Gasteiger charge is -2.18. The van der Waals surface area contributed by atoms with Crippen molar-refractivity contribution in [1.29, 1.82) is 0 Å². The van der Waals surface area contributed by atoms with E-state index in [0.717, 1.165) is 37.7 Å². The Balaban J connectivity index is 4.10. The van der Waals surface area contributed by atoms with Crippen LogP contribution in [0.3, 0.4) is 0 Å². The molecule has 0 fully saturated rings. The minimum atomic E-state index is -2.18. The van der Waals surface area contributed by atoms with Crippen LogP contribution in [-0.2, 0) is 18.8 Å². The van der Waals surface area contributed by atoms with Crippen molar-refractivity contribution in [3.63, 3.8) is 0 Å². The van der Waals surface area contributed by atoms with Gasteiger partial charge in [0.2, 0.25) is 0 Å². The Morgan fingerprint density at radius 3 is 1.22 bits per heavy atom. The summed E-state index contributed by atoms with van der Waals surface area (Å²) in [6.07, 6.45) is 9.85. The number of rotatable bonds is 18. The predicted octanol–water partition coefficient (Wildman–Crippen LogP) is 4.13. The van der Waals surface area contributed by atoms with Gasteiger partial charge < -0.3 is 18.8 Å². The Labute approximate surface area is 142 Å². The third-order valence-corrected chi connectivity index (χ3v) is 6.66. The van der Waals surface area contributed by atoms with Crippen LogP contribution in [0.2, 0.25) is 0 Å². The first-order valence-corrected chi connectivity index (χ1v) is 10.6. The Kier molecular flexibility index (Phi) is 15.7. The molecule has 5 heteroatoms. The highest BCUT2D eigenvalue weighted by Crippen LogP contribution is 2.47. The van der Waals surface area contributed by atoms with E-state index in [1.165, 1.54) is 0 Å². The van der Waals surface area contributed by atoms with Crippen molar-refractivity contribution in [3.05, 3.63) is 38.0 Å². The summed E-state index contributed by atoms with van der Waals surface area (Å²) in [4.78, 5) is 0. The van der Waals surface area contributed by atoms with Crippen molar-refractivity contribution in [2.24, 2.45) is 0 Å². The monoisotopic (exact) mass is 344 g/mol. The Hall–Kier alpha value is -0.670. The molecule has 0 saturated carbocycles. The molecule has 23 heavy (non-hydrogen) atoms. The van der Waals surface area contributed by atoms with E-state index in [0.29, 0.717) is 39.6 Å². The zero-order chi connectivity index (χ0) is 17.2. The van der Waals surface area contributed by atoms with Crippen molar-refractivity contribution in [2.75, 3.05) is 58.1 Å². The van der Waals surface area contributed by atoms with Crippen molar-refractivity contribution in [3.8, 4) is 0 Å². The summed E-state index contributed by atoms with van der Waals surface area (Å²) in [5.41, 5.74) is 0. The maximum atomic E-state index is 13.1. The highest BCUT2D eigenvalue weighted by molar-refractivity contribution is 7.63. The molecule has 0 aliphatic carbocycles. The molecule has 0 N–H and O–H groups in total. The third kappa shape index (κ3) is 14.6. The van der Waals surface area contributed by atoms with Gasteiger partial charge >= 0.3 is 0 Å². The molecule has 0 saturated heterocycles. The molecule has 0 aliphatic heterocycles. The molecule has 0 aromatic carbocycles. The summed E-state index contributed by atoms with van der Waals surface area (Å²) in [5, 5.41) is 0. The summed E-state index contributed by atoms with van der Waals surface area (Å²) >= 11 is 0. The normalized spacial score (nSPS) is 11.3. The number of hydrogen-bond acceptors (Lipinski definition) is 4. The fourth-order valence-electron chi connectivity index (χ4n) is 2.20. The van der Waals surface area contributed by atoms with Crippen LogP contribution in [-0.4, -0.2) is 58.1 Å². The maximum absolute atomic E-state index is 13.1. The van der Waals surface area contributed by atoms with Crippen LogP contribution in [0.15, 0.2) is 38.0 Å². The van der Waals surface area contributed by atoms with Crippen LogP contribution < -0.4 is 0 Å². The van der Waals surface area contributed by atoms with Gasteiger partial charge in [0.1, 0.15) is 0 Å². The van der Waals surface area contributed by atoms with Gasteiger partial charge in [-0.3, -0.25) is 0 Å². The standard InChI is InChI=1S/C18H33O4P/c1-4-10-20-13-7-16-23(19,17-8-14-21-11-5-2)18-9-15-22-12-6-3/h4-6H,1-3,7-18H2. The molecule has 0 unspecified atom stereocenters. The van der Waals surface area contributed by atoms with Gasteiger partial charge in [0.15, 0.2) is 0 Å². The summed E-state index contributed by atoms with van der Waals surface area (Å²) in [5.74, 6) is 0. The molecule has 0 aromatic rings. The zero-order valence-corrected chi connectivity index (χ0v) is 15.3. The summed E-state index contributed by atoms with van der Waals surface area (Å²) in [6.45, 7) is 14.4. The first-order chi connectivity index (χ1) is 11.2. The van der Waals surface area contributed by atoms with Gasteiger partial charge in [0.25, 0.3) is 0 Å². The third-order valence-electron chi connectivity index (χ3n) is 3.27. The number of hydrogen-bond donors (Lipinski definition) is 0. The van der Waals surface area contributed by atoms with Gasteiger partial charge in [0.05, 0.1) is 27.0 Å². The summed E-state index contributed by atoms with van der Waals surface area (Å²) in [7, 11) is -2.18. The van der Waals surface area contributed by atoms with E-state index in [1.807, 2.05) is 0 Å². The molecule has 0 aliphatic rings. The van der Waals surface area contributed by atoms with Crippen molar-refractivity contribution >= 4 is 7.14 Å². The highest BCUT2D eigenvalue weighted by Gasteiger charge is 2.20. The first-order valence-electron chi connectivity index (χ1n) is 8.31. The average Bonchev–Trinajstić information content (AvgIpc) is 2.54. The second-order valence-electron chi connectivity index (χ2n) is 5.38. The Morgan fingerprint density at radius 1 is 0.652 bits per heavy atom. The van der Waals surface area contributed by atoms with E-state index >= 15 is 0 Å². The highest BCUT2D eigenvalue weighted by atomic mass is 31.2. The molecular formula is C18H33O4P. The number of ether oxygens (including phenoxy) is 3. The lowest BCUT2D eigenvalue weighted by atomic mass is 10.5. The summed E-state index contributed by atoms with van der Waals surface area (Å²) in [6, 6.07) is 0. The van der Waals surface area contributed by atoms with Crippen LogP contribution in [0.25, 0.3) is 0 Å². The largest absolute Gasteiger partial charge is 0.377 e. The predicted molar refractivity (Wildman–Crippen MR) is 99.1 cm³/mol. The quantitative estimate of drug-likeness (QED) is 0.213. The van der Waals surface area contributed by atoms with Crippen LogP contribution in [0, 0.1) is 0 Å². The Bertz CT molecular complexity index is 303. The maximum Gasteiger partial charge on any atom is 0.0880 e.